The van der Waals surface area contributed by atoms with E-state index < -0.39 is 9.84 Å². The maximum Gasteiger partial charge on any atom is 0.203 e. The fourth-order valence-electron chi connectivity index (χ4n) is 2.08. The zero-order chi connectivity index (χ0) is 14.9. The summed E-state index contributed by atoms with van der Waals surface area (Å²) in [4.78, 5) is 1.05. The van der Waals surface area contributed by atoms with Crippen molar-refractivity contribution in [3.8, 4) is 0 Å². The lowest BCUT2D eigenvalue weighted by atomic mass is 10.2. The molecule has 0 aliphatic carbocycles. The Morgan fingerprint density at radius 3 is 1.86 bits per heavy atom. The fraction of sp³-hybridized carbons (Fsp3) is 0. The van der Waals surface area contributed by atoms with Crippen molar-refractivity contribution in [3.05, 3.63) is 81.0 Å². The van der Waals surface area contributed by atoms with Gasteiger partial charge in [0.25, 0.3) is 0 Å². The van der Waals surface area contributed by atoms with Crippen LogP contribution in [-0.4, -0.2) is 8.42 Å². The molecule has 0 saturated carbocycles. The van der Waals surface area contributed by atoms with Crippen LogP contribution in [0.25, 0.3) is 9.81 Å². The first-order valence-electron chi connectivity index (χ1n) is 6.23. The van der Waals surface area contributed by atoms with Crippen LogP contribution < -0.4 is 0 Å². The van der Waals surface area contributed by atoms with Gasteiger partial charge in [0, 0.05) is 4.91 Å². The third kappa shape index (κ3) is 3.00. The standard InChI is InChI=1S/C16H11BrO2S2/c17-16-15(13-9-5-2-6-10-13)21(18,19)11-14(20-16)12-7-3-1-4-8-12/h1-11H. The molecule has 0 unspecified atom stereocenters. The van der Waals surface area contributed by atoms with Crippen LogP contribution in [0.15, 0.2) is 69.9 Å². The van der Waals surface area contributed by atoms with Gasteiger partial charge in [-0.2, -0.15) is 0 Å². The zero-order valence-corrected chi connectivity index (χ0v) is 14.1. The van der Waals surface area contributed by atoms with Gasteiger partial charge in [0.05, 0.1) is 14.1 Å². The van der Waals surface area contributed by atoms with Gasteiger partial charge in [0.1, 0.15) is 0 Å². The average molecular weight is 379 g/mol. The Morgan fingerprint density at radius 1 is 0.810 bits per heavy atom. The highest BCUT2D eigenvalue weighted by Crippen LogP contribution is 2.47. The summed E-state index contributed by atoms with van der Waals surface area (Å²) in [5, 5.41) is 1.35. The summed E-state index contributed by atoms with van der Waals surface area (Å²) in [7, 11) is -3.47. The molecular weight excluding hydrogens is 368 g/mol. The Kier molecular flexibility index (Phi) is 4.06. The smallest absolute Gasteiger partial charge is 0.203 e. The van der Waals surface area contributed by atoms with E-state index in [1.165, 1.54) is 17.2 Å². The number of benzene rings is 2. The van der Waals surface area contributed by atoms with Gasteiger partial charge in [-0.05, 0) is 27.1 Å². The van der Waals surface area contributed by atoms with Crippen LogP contribution in [0.4, 0.5) is 0 Å². The van der Waals surface area contributed by atoms with E-state index in [1.807, 2.05) is 48.5 Å². The minimum atomic E-state index is -3.47. The molecule has 0 bridgehead atoms. The minimum Gasteiger partial charge on any atom is -0.219 e. The van der Waals surface area contributed by atoms with E-state index in [0.717, 1.165) is 10.5 Å². The summed E-state index contributed by atoms with van der Waals surface area (Å²) in [5.74, 6) is 0. The highest BCUT2D eigenvalue weighted by atomic mass is 79.9. The number of hydrogen-bond donors (Lipinski definition) is 0. The van der Waals surface area contributed by atoms with Crippen molar-refractivity contribution in [3.63, 3.8) is 0 Å². The molecule has 5 heteroatoms. The molecule has 3 rings (SSSR count). The van der Waals surface area contributed by atoms with E-state index in [4.69, 9.17) is 0 Å². The van der Waals surface area contributed by atoms with Gasteiger partial charge in [-0.3, -0.25) is 0 Å². The van der Waals surface area contributed by atoms with Gasteiger partial charge in [-0.15, -0.1) is 0 Å². The predicted octanol–water partition coefficient (Wildman–Crippen LogP) is 4.87. The van der Waals surface area contributed by atoms with E-state index in [2.05, 4.69) is 15.9 Å². The van der Waals surface area contributed by atoms with Crippen molar-refractivity contribution in [1.82, 2.24) is 0 Å². The van der Waals surface area contributed by atoms with E-state index in [1.54, 1.807) is 12.1 Å². The Bertz CT molecular complexity index is 823. The quantitative estimate of drug-likeness (QED) is 0.747. The van der Waals surface area contributed by atoms with Crippen LogP contribution >= 0.6 is 27.7 Å². The number of sulfone groups is 1. The largest absolute Gasteiger partial charge is 0.219 e. The first-order chi connectivity index (χ1) is 10.1. The van der Waals surface area contributed by atoms with E-state index >= 15 is 0 Å². The second-order valence-corrected chi connectivity index (χ2v) is 8.57. The molecule has 21 heavy (non-hydrogen) atoms. The summed E-state index contributed by atoms with van der Waals surface area (Å²) < 4.78 is 25.8. The van der Waals surface area contributed by atoms with Crippen molar-refractivity contribution < 1.29 is 8.42 Å². The topological polar surface area (TPSA) is 34.1 Å². The fourth-order valence-corrected chi connectivity index (χ4v) is 6.43. The van der Waals surface area contributed by atoms with Gasteiger partial charge in [-0.1, -0.05) is 72.4 Å². The van der Waals surface area contributed by atoms with Crippen molar-refractivity contribution >= 4 is 47.3 Å². The Hall–Kier alpha value is -1.30. The molecule has 1 aliphatic rings. The van der Waals surface area contributed by atoms with E-state index in [-0.39, 0.29) is 0 Å². The van der Waals surface area contributed by atoms with Gasteiger partial charge < -0.3 is 0 Å². The third-order valence-electron chi connectivity index (χ3n) is 3.02. The normalized spacial score (nSPS) is 17.5. The van der Waals surface area contributed by atoms with Crippen molar-refractivity contribution in [2.45, 2.75) is 0 Å². The molecule has 0 radical (unpaired) electrons. The van der Waals surface area contributed by atoms with Gasteiger partial charge >= 0.3 is 0 Å². The summed E-state index contributed by atoms with van der Waals surface area (Å²) in [5.41, 5.74) is 1.59. The lowest BCUT2D eigenvalue weighted by Gasteiger charge is -2.17. The number of hydrogen-bond acceptors (Lipinski definition) is 3. The second-order valence-electron chi connectivity index (χ2n) is 4.46. The number of thioether (sulfide) groups is 1. The van der Waals surface area contributed by atoms with Crippen molar-refractivity contribution in [2.75, 3.05) is 0 Å². The second kappa shape index (κ2) is 5.83. The number of halogens is 1. The predicted molar refractivity (Wildman–Crippen MR) is 93.2 cm³/mol. The maximum absolute atomic E-state index is 12.6. The Labute approximate surface area is 136 Å². The molecule has 2 aromatic rings. The molecule has 0 saturated heterocycles. The number of rotatable bonds is 2. The van der Waals surface area contributed by atoms with E-state index in [0.29, 0.717) is 14.3 Å². The first kappa shape index (κ1) is 14.6. The molecule has 0 atom stereocenters. The molecule has 0 fully saturated rings. The maximum atomic E-state index is 12.6. The Balaban J connectivity index is 2.09. The van der Waals surface area contributed by atoms with Crippen LogP contribution in [0.3, 0.4) is 0 Å². The highest BCUT2D eigenvalue weighted by molar-refractivity contribution is 9.14. The monoisotopic (exact) mass is 378 g/mol. The van der Waals surface area contributed by atoms with Gasteiger partial charge in [-0.25, -0.2) is 8.42 Å². The Morgan fingerprint density at radius 2 is 1.33 bits per heavy atom. The molecular formula is C16H11BrO2S2. The summed E-state index contributed by atoms with van der Waals surface area (Å²) >= 11 is 4.85. The van der Waals surface area contributed by atoms with Crippen molar-refractivity contribution in [2.24, 2.45) is 0 Å². The van der Waals surface area contributed by atoms with E-state index in [9.17, 15) is 8.42 Å². The van der Waals surface area contributed by atoms with Gasteiger partial charge in [0.2, 0.25) is 9.84 Å². The van der Waals surface area contributed by atoms with Gasteiger partial charge in [0.15, 0.2) is 0 Å². The van der Waals surface area contributed by atoms with Crippen LogP contribution in [-0.2, 0) is 9.84 Å². The lowest BCUT2D eigenvalue weighted by Crippen LogP contribution is -2.05. The summed E-state index contributed by atoms with van der Waals surface area (Å²) in [6, 6.07) is 18.6. The molecule has 0 amide bonds. The minimum absolute atomic E-state index is 0.327. The van der Waals surface area contributed by atoms with Crippen LogP contribution in [0.5, 0.6) is 0 Å². The summed E-state index contributed by atoms with van der Waals surface area (Å²) in [6.45, 7) is 0. The average Bonchev–Trinajstić information content (AvgIpc) is 2.47. The molecule has 1 heterocycles. The third-order valence-corrected chi connectivity index (χ3v) is 6.95. The molecule has 0 aromatic heterocycles. The van der Waals surface area contributed by atoms with Crippen molar-refractivity contribution in [1.29, 1.82) is 0 Å². The van der Waals surface area contributed by atoms with Crippen LogP contribution in [0.2, 0.25) is 0 Å². The molecule has 1 aliphatic heterocycles. The highest BCUT2D eigenvalue weighted by Gasteiger charge is 2.27. The lowest BCUT2D eigenvalue weighted by molar-refractivity contribution is 0.614. The van der Waals surface area contributed by atoms with Crippen LogP contribution in [0, 0.1) is 0 Å². The first-order valence-corrected chi connectivity index (χ1v) is 9.39. The molecule has 106 valence electrons. The molecule has 0 N–H and O–H groups in total. The zero-order valence-electron chi connectivity index (χ0n) is 10.9. The SMILES string of the molecule is O=S1(=O)C=C(c2ccccc2)SC(Br)=C1c1ccccc1. The molecule has 2 aromatic carbocycles. The molecule has 0 spiro atoms. The summed E-state index contributed by atoms with van der Waals surface area (Å²) in [6.07, 6.45) is 0. The van der Waals surface area contributed by atoms with Crippen LogP contribution in [0.1, 0.15) is 11.1 Å². The molecule has 2 nitrogen and oxygen atoms in total.